The van der Waals surface area contributed by atoms with E-state index in [0.717, 1.165) is 12.4 Å². The highest BCUT2D eigenvalue weighted by molar-refractivity contribution is 6.28. The van der Waals surface area contributed by atoms with Crippen molar-refractivity contribution < 1.29 is 0 Å². The Morgan fingerprint density at radius 2 is 2.19 bits per heavy atom. The Kier molecular flexibility index (Phi) is 3.00. The van der Waals surface area contributed by atoms with E-state index in [-0.39, 0.29) is 5.28 Å². The Balaban J connectivity index is 2.45. The molecule has 0 aliphatic heterocycles. The topological polar surface area (TPSA) is 68.5 Å². The van der Waals surface area contributed by atoms with Crippen molar-refractivity contribution in [2.24, 2.45) is 0 Å². The highest BCUT2D eigenvalue weighted by atomic mass is 35.5. The molecule has 0 amide bonds. The molecule has 1 N–H and O–H groups in total. The van der Waals surface area contributed by atoms with Gasteiger partial charge in [-0.1, -0.05) is 0 Å². The van der Waals surface area contributed by atoms with Crippen molar-refractivity contribution in [1.82, 2.24) is 24.5 Å². The molecule has 7 heteroatoms. The van der Waals surface area contributed by atoms with Gasteiger partial charge in [0.2, 0.25) is 17.2 Å². The summed E-state index contributed by atoms with van der Waals surface area (Å²) < 4.78 is 1.74. The fourth-order valence-electron chi connectivity index (χ4n) is 1.27. The summed E-state index contributed by atoms with van der Waals surface area (Å²) in [6.45, 7) is 4.55. The third-order valence-electron chi connectivity index (χ3n) is 1.97. The van der Waals surface area contributed by atoms with Crippen LogP contribution < -0.4 is 5.32 Å². The molecule has 0 spiro atoms. The van der Waals surface area contributed by atoms with Gasteiger partial charge in [0, 0.05) is 18.9 Å². The summed E-state index contributed by atoms with van der Waals surface area (Å²) in [4.78, 5) is 16.3. The van der Waals surface area contributed by atoms with Crippen molar-refractivity contribution in [3.05, 3.63) is 23.5 Å². The maximum absolute atomic E-state index is 5.82. The maximum atomic E-state index is 5.82. The van der Waals surface area contributed by atoms with Crippen LogP contribution >= 0.6 is 11.6 Å². The summed E-state index contributed by atoms with van der Waals surface area (Å²) in [5.74, 6) is 1.72. The van der Waals surface area contributed by atoms with Gasteiger partial charge in [-0.15, -0.1) is 0 Å². The standard InChI is InChI=1S/C9H11ClN6/c1-3-11-8-13-7(10)14-9(15-8)16-5-4-12-6(16)2/h4-5H,3H2,1-2H3,(H,11,13,14,15). The molecule has 0 aliphatic rings. The molecule has 6 nitrogen and oxygen atoms in total. The normalized spacial score (nSPS) is 10.4. The first-order valence-electron chi connectivity index (χ1n) is 4.86. The van der Waals surface area contributed by atoms with Crippen LogP contribution in [0.4, 0.5) is 5.95 Å². The number of nitrogens with one attached hydrogen (secondary N) is 1. The SMILES string of the molecule is CCNc1nc(Cl)nc(-n2ccnc2C)n1. The average molecular weight is 239 g/mol. The zero-order valence-electron chi connectivity index (χ0n) is 8.98. The maximum Gasteiger partial charge on any atom is 0.241 e. The van der Waals surface area contributed by atoms with E-state index in [1.807, 2.05) is 13.8 Å². The van der Waals surface area contributed by atoms with E-state index in [0.29, 0.717) is 11.9 Å². The number of aromatic nitrogens is 5. The predicted molar refractivity (Wildman–Crippen MR) is 60.9 cm³/mol. The number of anilines is 1. The molecule has 0 aliphatic carbocycles. The summed E-state index contributed by atoms with van der Waals surface area (Å²) in [6.07, 6.45) is 3.46. The molecule has 0 aromatic carbocycles. The van der Waals surface area contributed by atoms with Crippen LogP contribution in [0.1, 0.15) is 12.7 Å². The Hall–Kier alpha value is -1.69. The molecule has 16 heavy (non-hydrogen) atoms. The van der Waals surface area contributed by atoms with E-state index in [4.69, 9.17) is 11.6 Å². The number of nitrogens with zero attached hydrogens (tertiary/aromatic N) is 5. The second-order valence-electron chi connectivity index (χ2n) is 3.10. The molecule has 84 valence electrons. The van der Waals surface area contributed by atoms with Crippen LogP contribution in [-0.4, -0.2) is 31.0 Å². The smallest absolute Gasteiger partial charge is 0.241 e. The second-order valence-corrected chi connectivity index (χ2v) is 3.44. The minimum atomic E-state index is 0.161. The Morgan fingerprint density at radius 3 is 2.81 bits per heavy atom. The summed E-state index contributed by atoms with van der Waals surface area (Å²) in [5, 5.41) is 3.15. The summed E-state index contributed by atoms with van der Waals surface area (Å²) in [5.41, 5.74) is 0. The van der Waals surface area contributed by atoms with Crippen molar-refractivity contribution in [3.63, 3.8) is 0 Å². The number of imidazole rings is 1. The predicted octanol–water partition coefficient (Wildman–Crippen LogP) is 1.45. The first kappa shape index (κ1) is 10.8. The molecule has 0 bridgehead atoms. The van der Waals surface area contributed by atoms with Crippen molar-refractivity contribution in [1.29, 1.82) is 0 Å². The van der Waals surface area contributed by atoms with Crippen LogP contribution in [0.5, 0.6) is 0 Å². The Bertz CT molecular complexity index is 494. The molecule has 2 aromatic heterocycles. The number of halogens is 1. The van der Waals surface area contributed by atoms with Gasteiger partial charge in [0.15, 0.2) is 0 Å². The van der Waals surface area contributed by atoms with Gasteiger partial charge >= 0.3 is 0 Å². The highest BCUT2D eigenvalue weighted by Crippen LogP contribution is 2.10. The van der Waals surface area contributed by atoms with Gasteiger partial charge in [-0.05, 0) is 25.4 Å². The average Bonchev–Trinajstić information content (AvgIpc) is 2.64. The van der Waals surface area contributed by atoms with E-state index in [2.05, 4.69) is 25.3 Å². The molecule has 2 aromatic rings. The monoisotopic (exact) mass is 238 g/mol. The number of hydrogen-bond donors (Lipinski definition) is 1. The zero-order chi connectivity index (χ0) is 11.5. The fraction of sp³-hybridized carbons (Fsp3) is 0.333. The molecule has 0 fully saturated rings. The third kappa shape index (κ3) is 2.11. The lowest BCUT2D eigenvalue weighted by molar-refractivity contribution is 0.860. The Labute approximate surface area is 97.7 Å². The van der Waals surface area contributed by atoms with E-state index in [1.165, 1.54) is 0 Å². The van der Waals surface area contributed by atoms with Crippen LogP contribution in [0.25, 0.3) is 5.95 Å². The van der Waals surface area contributed by atoms with Crippen molar-refractivity contribution in [2.45, 2.75) is 13.8 Å². The van der Waals surface area contributed by atoms with E-state index in [9.17, 15) is 0 Å². The highest BCUT2D eigenvalue weighted by Gasteiger charge is 2.07. The van der Waals surface area contributed by atoms with Gasteiger partial charge in [-0.2, -0.15) is 15.0 Å². The van der Waals surface area contributed by atoms with Gasteiger partial charge in [0.05, 0.1) is 0 Å². The van der Waals surface area contributed by atoms with Gasteiger partial charge in [0.1, 0.15) is 5.82 Å². The minimum absolute atomic E-state index is 0.161. The number of rotatable bonds is 3. The van der Waals surface area contributed by atoms with E-state index < -0.39 is 0 Å². The lowest BCUT2D eigenvalue weighted by Crippen LogP contribution is -2.09. The largest absolute Gasteiger partial charge is 0.354 e. The lowest BCUT2D eigenvalue weighted by atomic mass is 10.6. The molecule has 0 atom stereocenters. The zero-order valence-corrected chi connectivity index (χ0v) is 9.73. The summed E-state index contributed by atoms with van der Waals surface area (Å²) >= 11 is 5.82. The summed E-state index contributed by atoms with van der Waals surface area (Å²) in [6, 6.07) is 0. The molecule has 0 saturated carbocycles. The van der Waals surface area contributed by atoms with Crippen molar-refractivity contribution in [3.8, 4) is 5.95 Å². The molecule has 2 heterocycles. The molecule has 0 unspecified atom stereocenters. The third-order valence-corrected chi connectivity index (χ3v) is 2.14. The van der Waals surface area contributed by atoms with Crippen LogP contribution in [0.2, 0.25) is 5.28 Å². The molecule has 0 saturated heterocycles. The second kappa shape index (κ2) is 4.44. The Morgan fingerprint density at radius 1 is 1.38 bits per heavy atom. The lowest BCUT2D eigenvalue weighted by Gasteiger charge is -2.06. The van der Waals surface area contributed by atoms with Crippen LogP contribution in [0.15, 0.2) is 12.4 Å². The van der Waals surface area contributed by atoms with E-state index in [1.54, 1.807) is 17.0 Å². The van der Waals surface area contributed by atoms with Crippen LogP contribution in [0.3, 0.4) is 0 Å². The molecular formula is C9H11ClN6. The first-order valence-corrected chi connectivity index (χ1v) is 5.24. The van der Waals surface area contributed by atoms with Crippen molar-refractivity contribution in [2.75, 3.05) is 11.9 Å². The number of aryl methyl sites for hydroxylation is 1. The summed E-state index contributed by atoms with van der Waals surface area (Å²) in [7, 11) is 0. The van der Waals surface area contributed by atoms with Gasteiger partial charge in [0.25, 0.3) is 0 Å². The number of hydrogen-bond acceptors (Lipinski definition) is 5. The quantitative estimate of drug-likeness (QED) is 0.877. The fourth-order valence-corrected chi connectivity index (χ4v) is 1.43. The first-order chi connectivity index (χ1) is 7.70. The molecular weight excluding hydrogens is 228 g/mol. The van der Waals surface area contributed by atoms with Gasteiger partial charge in [-0.25, -0.2) is 4.98 Å². The van der Waals surface area contributed by atoms with E-state index >= 15 is 0 Å². The molecule has 0 radical (unpaired) electrons. The van der Waals surface area contributed by atoms with Crippen LogP contribution in [-0.2, 0) is 0 Å². The van der Waals surface area contributed by atoms with Gasteiger partial charge < -0.3 is 5.32 Å². The molecule has 2 rings (SSSR count). The van der Waals surface area contributed by atoms with Crippen molar-refractivity contribution >= 4 is 17.5 Å². The minimum Gasteiger partial charge on any atom is -0.354 e. The van der Waals surface area contributed by atoms with Gasteiger partial charge in [-0.3, -0.25) is 4.57 Å². The van der Waals surface area contributed by atoms with Crippen LogP contribution in [0, 0.1) is 6.92 Å².